The quantitative estimate of drug-likeness (QED) is 0.493. The molecule has 0 aliphatic rings. The lowest BCUT2D eigenvalue weighted by Crippen LogP contribution is -2.18. The van der Waals surface area contributed by atoms with E-state index in [-0.39, 0.29) is 4.32 Å². The normalized spacial score (nSPS) is 12.0. The van der Waals surface area contributed by atoms with E-state index in [1.165, 1.54) is 0 Å². The largest absolute Gasteiger partial charge is 0.380 e. The van der Waals surface area contributed by atoms with Gasteiger partial charge >= 0.3 is 0 Å². The van der Waals surface area contributed by atoms with Gasteiger partial charge in [0.25, 0.3) is 0 Å². The van der Waals surface area contributed by atoms with E-state index in [1.54, 1.807) is 0 Å². The van der Waals surface area contributed by atoms with Crippen LogP contribution in [0.2, 0.25) is 0 Å². The van der Waals surface area contributed by atoms with Gasteiger partial charge in [0.2, 0.25) is 0 Å². The summed E-state index contributed by atoms with van der Waals surface area (Å²) in [6.45, 7) is 9.34. The standard InChI is InChI=1S/C7H14BrO/c1-4-5-9-6-7(2,3)8/h1,4-6H2,2-3H3. The van der Waals surface area contributed by atoms with Crippen molar-refractivity contribution < 1.29 is 4.74 Å². The first-order valence-electron chi connectivity index (χ1n) is 3.12. The second-order valence-corrected chi connectivity index (χ2v) is 4.77. The summed E-state index contributed by atoms with van der Waals surface area (Å²) in [7, 11) is 0. The zero-order valence-electron chi connectivity index (χ0n) is 6.11. The average molecular weight is 194 g/mol. The second kappa shape index (κ2) is 4.29. The fourth-order valence-corrected chi connectivity index (χ4v) is 0.579. The maximum absolute atomic E-state index is 5.24. The number of ether oxygens (including phenoxy) is 1. The van der Waals surface area contributed by atoms with Gasteiger partial charge in [-0.2, -0.15) is 0 Å². The van der Waals surface area contributed by atoms with Crippen LogP contribution in [0.25, 0.3) is 0 Å². The van der Waals surface area contributed by atoms with Gasteiger partial charge < -0.3 is 4.74 Å². The Morgan fingerprint density at radius 1 is 1.56 bits per heavy atom. The summed E-state index contributed by atoms with van der Waals surface area (Å²) in [5.74, 6) is 0. The van der Waals surface area contributed by atoms with Gasteiger partial charge in [-0.3, -0.25) is 0 Å². The third kappa shape index (κ3) is 8.44. The van der Waals surface area contributed by atoms with Gasteiger partial charge in [0.1, 0.15) is 0 Å². The summed E-state index contributed by atoms with van der Waals surface area (Å²) in [6.07, 6.45) is 0.850. The van der Waals surface area contributed by atoms with Crippen LogP contribution >= 0.6 is 15.9 Å². The molecule has 1 nitrogen and oxygen atoms in total. The molecule has 0 fully saturated rings. The van der Waals surface area contributed by atoms with E-state index in [4.69, 9.17) is 4.74 Å². The first kappa shape index (κ1) is 9.44. The molecule has 0 aromatic carbocycles. The minimum absolute atomic E-state index is 0.113. The summed E-state index contributed by atoms with van der Waals surface area (Å²) in [6, 6.07) is 0. The molecule has 0 saturated carbocycles. The molecule has 9 heavy (non-hydrogen) atoms. The number of hydrogen-bond acceptors (Lipinski definition) is 1. The molecule has 0 heterocycles. The molecule has 1 radical (unpaired) electrons. The van der Waals surface area contributed by atoms with Crippen LogP contribution in [-0.4, -0.2) is 17.5 Å². The highest BCUT2D eigenvalue weighted by Gasteiger charge is 2.11. The summed E-state index contributed by atoms with van der Waals surface area (Å²) >= 11 is 3.46. The number of halogens is 1. The molecule has 0 bridgehead atoms. The molecule has 0 aliphatic heterocycles. The minimum atomic E-state index is 0.113. The van der Waals surface area contributed by atoms with Gasteiger partial charge in [-0.05, 0) is 20.3 Å². The van der Waals surface area contributed by atoms with Gasteiger partial charge in [0.15, 0.2) is 0 Å². The van der Waals surface area contributed by atoms with Crippen LogP contribution < -0.4 is 0 Å². The topological polar surface area (TPSA) is 9.23 Å². The fraction of sp³-hybridized carbons (Fsp3) is 0.857. The summed E-state index contributed by atoms with van der Waals surface area (Å²) in [5, 5.41) is 0. The van der Waals surface area contributed by atoms with Crippen molar-refractivity contribution in [1.29, 1.82) is 0 Å². The molecule has 2 heteroatoms. The predicted molar refractivity (Wildman–Crippen MR) is 43.8 cm³/mol. The van der Waals surface area contributed by atoms with E-state index in [9.17, 15) is 0 Å². The Kier molecular flexibility index (Phi) is 4.50. The lowest BCUT2D eigenvalue weighted by molar-refractivity contribution is 0.125. The summed E-state index contributed by atoms with van der Waals surface area (Å²) < 4.78 is 5.35. The SMILES string of the molecule is [CH2]CCOCC(C)(C)Br. The van der Waals surface area contributed by atoms with Crippen LogP contribution in [0.5, 0.6) is 0 Å². The summed E-state index contributed by atoms with van der Waals surface area (Å²) in [5.41, 5.74) is 0. The molecule has 0 spiro atoms. The Labute approximate surface area is 65.9 Å². The molecular formula is C7H14BrO. The zero-order chi connectivity index (χ0) is 7.33. The van der Waals surface area contributed by atoms with Crippen molar-refractivity contribution in [2.75, 3.05) is 13.2 Å². The average Bonchev–Trinajstić information content (AvgIpc) is 1.63. The minimum Gasteiger partial charge on any atom is -0.380 e. The third-order valence-corrected chi connectivity index (χ3v) is 0.963. The Balaban J connectivity index is 3.07. The van der Waals surface area contributed by atoms with E-state index in [2.05, 4.69) is 36.7 Å². The van der Waals surface area contributed by atoms with Crippen LogP contribution in [0.1, 0.15) is 20.3 Å². The highest BCUT2D eigenvalue weighted by Crippen LogP contribution is 2.15. The number of alkyl halides is 1. The predicted octanol–water partition coefficient (Wildman–Crippen LogP) is 2.40. The van der Waals surface area contributed by atoms with Crippen molar-refractivity contribution in [1.82, 2.24) is 0 Å². The molecule has 55 valence electrons. The smallest absolute Gasteiger partial charge is 0.0614 e. The van der Waals surface area contributed by atoms with Crippen LogP contribution in [0.3, 0.4) is 0 Å². The van der Waals surface area contributed by atoms with E-state index in [1.807, 2.05) is 0 Å². The molecule has 0 N–H and O–H groups in total. The van der Waals surface area contributed by atoms with Crippen LogP contribution in [0, 0.1) is 6.92 Å². The first-order valence-corrected chi connectivity index (χ1v) is 3.91. The zero-order valence-corrected chi connectivity index (χ0v) is 7.70. The first-order chi connectivity index (χ1) is 4.06. The molecule has 0 rings (SSSR count). The van der Waals surface area contributed by atoms with Crippen molar-refractivity contribution >= 4 is 15.9 Å². The van der Waals surface area contributed by atoms with Crippen molar-refractivity contribution in [3.63, 3.8) is 0 Å². The lowest BCUT2D eigenvalue weighted by atomic mass is 10.2. The fourth-order valence-electron chi connectivity index (χ4n) is 0.417. The molecule has 0 aromatic rings. The molecular weight excluding hydrogens is 180 g/mol. The van der Waals surface area contributed by atoms with Crippen LogP contribution in [0.15, 0.2) is 0 Å². The Morgan fingerprint density at radius 3 is 2.44 bits per heavy atom. The van der Waals surface area contributed by atoms with E-state index < -0.39 is 0 Å². The van der Waals surface area contributed by atoms with Crippen molar-refractivity contribution in [2.24, 2.45) is 0 Å². The van der Waals surface area contributed by atoms with E-state index >= 15 is 0 Å². The third-order valence-electron chi connectivity index (χ3n) is 0.734. The maximum Gasteiger partial charge on any atom is 0.0614 e. The number of hydrogen-bond donors (Lipinski definition) is 0. The van der Waals surface area contributed by atoms with Gasteiger partial charge in [0.05, 0.1) is 6.61 Å². The highest BCUT2D eigenvalue weighted by molar-refractivity contribution is 9.10. The van der Waals surface area contributed by atoms with Gasteiger partial charge in [0, 0.05) is 10.9 Å². The van der Waals surface area contributed by atoms with Crippen molar-refractivity contribution in [3.05, 3.63) is 6.92 Å². The van der Waals surface area contributed by atoms with Gasteiger partial charge in [-0.25, -0.2) is 0 Å². The van der Waals surface area contributed by atoms with Gasteiger partial charge in [-0.15, -0.1) is 0 Å². The van der Waals surface area contributed by atoms with E-state index in [0.717, 1.165) is 19.6 Å². The van der Waals surface area contributed by atoms with Crippen molar-refractivity contribution in [3.8, 4) is 0 Å². The van der Waals surface area contributed by atoms with Crippen LogP contribution in [0.4, 0.5) is 0 Å². The van der Waals surface area contributed by atoms with Crippen molar-refractivity contribution in [2.45, 2.75) is 24.6 Å². The molecule has 0 amide bonds. The molecule has 0 saturated heterocycles. The molecule has 0 aliphatic carbocycles. The second-order valence-electron chi connectivity index (χ2n) is 2.62. The maximum atomic E-state index is 5.24. The lowest BCUT2D eigenvalue weighted by Gasteiger charge is -2.15. The summed E-state index contributed by atoms with van der Waals surface area (Å²) in [4.78, 5) is 0. The monoisotopic (exact) mass is 193 g/mol. The molecule has 0 atom stereocenters. The highest BCUT2D eigenvalue weighted by atomic mass is 79.9. The van der Waals surface area contributed by atoms with E-state index in [0.29, 0.717) is 0 Å². The number of rotatable bonds is 4. The van der Waals surface area contributed by atoms with Crippen LogP contribution in [-0.2, 0) is 4.74 Å². The molecule has 0 unspecified atom stereocenters. The van der Waals surface area contributed by atoms with Gasteiger partial charge in [-0.1, -0.05) is 22.9 Å². The molecule has 0 aromatic heterocycles. The Bertz CT molecular complexity index is 65.8. The Hall–Kier alpha value is 0.440. The Morgan fingerprint density at radius 2 is 2.11 bits per heavy atom.